The lowest BCUT2D eigenvalue weighted by Gasteiger charge is -2.27. The molecule has 0 N–H and O–H groups in total. The van der Waals surface area contributed by atoms with Crippen molar-refractivity contribution in [2.45, 2.75) is 51.6 Å². The van der Waals surface area contributed by atoms with Crippen molar-refractivity contribution in [3.8, 4) is 11.1 Å². The van der Waals surface area contributed by atoms with Gasteiger partial charge in [0.05, 0.1) is 11.0 Å². The van der Waals surface area contributed by atoms with Crippen LogP contribution in [0.3, 0.4) is 0 Å². The summed E-state index contributed by atoms with van der Waals surface area (Å²) in [6.45, 7) is 8.66. The summed E-state index contributed by atoms with van der Waals surface area (Å²) < 4.78 is 5.14. The van der Waals surface area contributed by atoms with Gasteiger partial charge in [0.15, 0.2) is 5.78 Å². The summed E-state index contributed by atoms with van der Waals surface area (Å²) in [5.41, 5.74) is 8.98. The number of ketones is 1. The lowest BCUT2D eigenvalue weighted by Crippen LogP contribution is -2.32. The summed E-state index contributed by atoms with van der Waals surface area (Å²) in [6.07, 6.45) is 7.87. The van der Waals surface area contributed by atoms with E-state index < -0.39 is 0 Å². The molecule has 2 saturated heterocycles. The molecule has 0 radical (unpaired) electrons. The summed E-state index contributed by atoms with van der Waals surface area (Å²) in [7, 11) is 0. The van der Waals surface area contributed by atoms with Crippen LogP contribution in [0.2, 0.25) is 0 Å². The highest BCUT2D eigenvalue weighted by Gasteiger charge is 2.35. The fraction of sp³-hybridized carbons (Fsp3) is 0.359. The van der Waals surface area contributed by atoms with E-state index in [9.17, 15) is 4.79 Å². The number of para-hydroxylation sites is 2. The van der Waals surface area contributed by atoms with Crippen LogP contribution < -0.4 is 0 Å². The van der Waals surface area contributed by atoms with E-state index in [4.69, 9.17) is 0 Å². The molecule has 0 amide bonds. The third-order valence-electron chi connectivity index (χ3n) is 10.8. The van der Waals surface area contributed by atoms with E-state index in [1.54, 1.807) is 0 Å². The molecule has 0 unspecified atom stereocenters. The molecule has 222 valence electrons. The standard InChI is InChI=1S/C39H40N4O/c44-39-28-14-4-3-13-27(28)33-36(39)34-29-15-5-7-17-31(29)42(25-23-40-19-9-1-10-20-40)38(34)35-30-16-6-8-18-32(30)43(37(33)35)26-24-41-21-11-2-12-22-41/h3-8,13-18H,1-2,9-12,19-26H2. The average molecular weight is 581 g/mol. The molecule has 4 aromatic carbocycles. The van der Waals surface area contributed by atoms with Crippen LogP contribution in [-0.4, -0.2) is 64.0 Å². The molecule has 6 aromatic rings. The average Bonchev–Trinajstić information content (AvgIpc) is 3.69. The minimum Gasteiger partial charge on any atom is -0.339 e. The number of carbonyl (C=O) groups excluding carboxylic acids is 1. The third-order valence-corrected chi connectivity index (χ3v) is 10.8. The smallest absolute Gasteiger partial charge is 0.195 e. The first-order valence-corrected chi connectivity index (χ1v) is 16.9. The Morgan fingerprint density at radius 2 is 0.977 bits per heavy atom. The van der Waals surface area contributed by atoms with Crippen LogP contribution in [0.4, 0.5) is 0 Å². The molecule has 44 heavy (non-hydrogen) atoms. The molecule has 0 bridgehead atoms. The third kappa shape index (κ3) is 3.95. The van der Waals surface area contributed by atoms with E-state index in [0.29, 0.717) is 0 Å². The lowest BCUT2D eigenvalue weighted by molar-refractivity contribution is 0.104. The van der Waals surface area contributed by atoms with Gasteiger partial charge in [-0.05, 0) is 69.6 Å². The molecule has 2 aromatic heterocycles. The summed E-state index contributed by atoms with van der Waals surface area (Å²) in [6, 6.07) is 26.1. The maximum Gasteiger partial charge on any atom is 0.195 e. The Hall–Kier alpha value is -3.93. The molecule has 2 fully saturated rings. The highest BCUT2D eigenvalue weighted by atomic mass is 16.1. The van der Waals surface area contributed by atoms with Gasteiger partial charge in [0.2, 0.25) is 0 Å². The van der Waals surface area contributed by atoms with Gasteiger partial charge in [-0.1, -0.05) is 73.5 Å². The molecule has 1 aliphatic carbocycles. The molecule has 9 rings (SSSR count). The van der Waals surface area contributed by atoms with Crippen molar-refractivity contribution in [3.63, 3.8) is 0 Å². The van der Waals surface area contributed by atoms with Crippen molar-refractivity contribution >= 4 is 49.4 Å². The van der Waals surface area contributed by atoms with E-state index in [1.165, 1.54) is 103 Å². The first-order valence-electron chi connectivity index (χ1n) is 16.9. The van der Waals surface area contributed by atoms with Crippen LogP contribution in [0, 0.1) is 0 Å². The van der Waals surface area contributed by atoms with Crippen molar-refractivity contribution in [2.24, 2.45) is 0 Å². The van der Waals surface area contributed by atoms with Crippen LogP contribution >= 0.6 is 0 Å². The number of fused-ring (bicyclic) bond motifs is 12. The second-order valence-electron chi connectivity index (χ2n) is 13.2. The zero-order valence-corrected chi connectivity index (χ0v) is 25.5. The molecule has 2 aliphatic heterocycles. The largest absolute Gasteiger partial charge is 0.339 e. The number of likely N-dealkylation sites (tertiary alicyclic amines) is 2. The van der Waals surface area contributed by atoms with E-state index >= 15 is 0 Å². The van der Waals surface area contributed by atoms with Gasteiger partial charge in [-0.3, -0.25) is 4.79 Å². The van der Waals surface area contributed by atoms with Crippen LogP contribution in [0.5, 0.6) is 0 Å². The first-order chi connectivity index (χ1) is 21.8. The monoisotopic (exact) mass is 580 g/mol. The van der Waals surface area contributed by atoms with Gasteiger partial charge in [0, 0.05) is 75.4 Å². The maximum atomic E-state index is 14.5. The number of rotatable bonds is 6. The van der Waals surface area contributed by atoms with Gasteiger partial charge < -0.3 is 18.9 Å². The minimum atomic E-state index is 0.175. The van der Waals surface area contributed by atoms with Crippen molar-refractivity contribution < 1.29 is 4.79 Å². The number of carbonyl (C=O) groups is 1. The molecule has 5 heteroatoms. The quantitative estimate of drug-likeness (QED) is 0.199. The van der Waals surface area contributed by atoms with E-state index in [1.807, 2.05) is 12.1 Å². The summed E-state index contributed by atoms with van der Waals surface area (Å²) >= 11 is 0. The Kier molecular flexibility index (Phi) is 6.38. The minimum absolute atomic E-state index is 0.175. The Bertz CT molecular complexity index is 2070. The van der Waals surface area contributed by atoms with Crippen LogP contribution in [0.25, 0.3) is 54.7 Å². The summed E-state index contributed by atoms with van der Waals surface area (Å²) in [5, 5.41) is 4.95. The zero-order chi connectivity index (χ0) is 29.2. The Balaban J connectivity index is 1.38. The second-order valence-corrected chi connectivity index (χ2v) is 13.2. The maximum absolute atomic E-state index is 14.5. The molecule has 5 nitrogen and oxygen atoms in total. The topological polar surface area (TPSA) is 33.4 Å². The van der Waals surface area contributed by atoms with Crippen molar-refractivity contribution in [3.05, 3.63) is 83.9 Å². The first kappa shape index (κ1) is 26.5. The van der Waals surface area contributed by atoms with Crippen molar-refractivity contribution in [1.29, 1.82) is 0 Å². The van der Waals surface area contributed by atoms with E-state index in [0.717, 1.165) is 53.8 Å². The molecule has 3 aliphatic rings. The van der Waals surface area contributed by atoms with Crippen molar-refractivity contribution in [1.82, 2.24) is 18.9 Å². The predicted molar refractivity (Wildman–Crippen MR) is 182 cm³/mol. The van der Waals surface area contributed by atoms with Gasteiger partial charge in [0.1, 0.15) is 0 Å². The lowest BCUT2D eigenvalue weighted by atomic mass is 9.96. The fourth-order valence-electron chi connectivity index (χ4n) is 8.70. The molecular weight excluding hydrogens is 540 g/mol. The van der Waals surface area contributed by atoms with Gasteiger partial charge in [-0.25, -0.2) is 0 Å². The molecule has 4 heterocycles. The Morgan fingerprint density at radius 1 is 0.477 bits per heavy atom. The summed E-state index contributed by atoms with van der Waals surface area (Å²) in [4.78, 5) is 19.8. The highest BCUT2D eigenvalue weighted by molar-refractivity contribution is 6.39. The van der Waals surface area contributed by atoms with Gasteiger partial charge in [0.25, 0.3) is 0 Å². The van der Waals surface area contributed by atoms with Crippen LogP contribution in [0.1, 0.15) is 54.4 Å². The van der Waals surface area contributed by atoms with Gasteiger partial charge >= 0.3 is 0 Å². The molecular formula is C39H40N4O. The van der Waals surface area contributed by atoms with Crippen LogP contribution in [-0.2, 0) is 13.1 Å². The predicted octanol–water partition coefficient (Wildman–Crippen LogP) is 8.09. The molecule has 0 spiro atoms. The van der Waals surface area contributed by atoms with Crippen molar-refractivity contribution in [2.75, 3.05) is 39.3 Å². The Labute approximate surface area is 258 Å². The number of piperidine rings is 2. The van der Waals surface area contributed by atoms with Gasteiger partial charge in [-0.2, -0.15) is 0 Å². The SMILES string of the molecule is O=C1c2ccccc2-c2c1c1c3ccccc3n(CCN3CCCCC3)c1c1c3ccccc3n(CCN3CCCCC3)c21. The number of nitrogens with zero attached hydrogens (tertiary/aromatic N) is 4. The second kappa shape index (κ2) is 10.6. The molecule has 0 atom stereocenters. The molecule has 0 saturated carbocycles. The normalized spacial score (nSPS) is 17.8. The van der Waals surface area contributed by atoms with Crippen LogP contribution in [0.15, 0.2) is 72.8 Å². The van der Waals surface area contributed by atoms with E-state index in [2.05, 4.69) is 79.6 Å². The van der Waals surface area contributed by atoms with E-state index in [-0.39, 0.29) is 5.78 Å². The number of hydrogen-bond donors (Lipinski definition) is 0. The number of hydrogen-bond acceptors (Lipinski definition) is 3. The zero-order valence-electron chi connectivity index (χ0n) is 25.5. The highest BCUT2D eigenvalue weighted by Crippen LogP contribution is 2.51. The van der Waals surface area contributed by atoms with Gasteiger partial charge in [-0.15, -0.1) is 0 Å². The number of aromatic nitrogens is 2. The number of benzene rings is 4. The fourth-order valence-corrected chi connectivity index (χ4v) is 8.70. The summed E-state index contributed by atoms with van der Waals surface area (Å²) in [5.74, 6) is 0.175. The Morgan fingerprint density at radius 3 is 1.59 bits per heavy atom.